The molecule has 3 N–H and O–H groups in total. The Morgan fingerprint density at radius 3 is 2.06 bits per heavy atom. The normalized spacial score (nSPS) is 13.8. The number of nitrogens with one attached hydrogen (secondary N) is 2. The lowest BCUT2D eigenvalue weighted by molar-refractivity contribution is -0.146. The van der Waals surface area contributed by atoms with E-state index in [0.717, 1.165) is 22.3 Å². The van der Waals surface area contributed by atoms with Gasteiger partial charge in [-0.15, -0.1) is 0 Å². The highest BCUT2D eigenvalue weighted by Gasteiger charge is 2.33. The maximum atomic E-state index is 13.4. The zero-order chi connectivity index (χ0) is 23.5. The van der Waals surface area contributed by atoms with Gasteiger partial charge in [0.1, 0.15) is 18.2 Å². The Morgan fingerprint density at radius 2 is 1.56 bits per heavy atom. The van der Waals surface area contributed by atoms with Crippen LogP contribution >= 0.6 is 0 Å². The van der Waals surface area contributed by atoms with Crippen LogP contribution in [0.5, 0.6) is 0 Å². The van der Waals surface area contributed by atoms with Gasteiger partial charge in [-0.25, -0.2) is 18.4 Å². The van der Waals surface area contributed by atoms with E-state index in [-0.39, 0.29) is 12.5 Å². The smallest absolute Gasteiger partial charge is 0.407 e. The number of aliphatic carboxylic acids is 1. The lowest BCUT2D eigenvalue weighted by atomic mass is 9.98. The molecule has 2 amide bonds. The molecule has 1 aliphatic carbocycles. The molecule has 0 aromatic heterocycles. The van der Waals surface area contributed by atoms with E-state index in [1.807, 2.05) is 53.8 Å². The molecule has 1 atom stereocenters. The minimum absolute atomic E-state index is 0.0614. The Morgan fingerprint density at radius 1 is 1.03 bits per heavy atom. The first kappa shape index (κ1) is 23.2. The molecule has 9 heteroatoms. The number of amides is 2. The summed E-state index contributed by atoms with van der Waals surface area (Å²) in [5.41, 5.74) is 2.37. The van der Waals surface area contributed by atoms with Crippen molar-refractivity contribution >= 4 is 18.0 Å². The quantitative estimate of drug-likeness (QED) is 0.576. The SMILES string of the molecule is CC(C)(NC(=O)CC(NC(=O)OCC1c2ccccc2-c2ccccc21)C(F)F)C(=O)O. The van der Waals surface area contributed by atoms with Crippen molar-refractivity contribution in [2.75, 3.05) is 6.61 Å². The minimum atomic E-state index is -3.05. The average molecular weight is 446 g/mol. The highest BCUT2D eigenvalue weighted by molar-refractivity contribution is 5.86. The molecular formula is C23H24F2N2O5. The zero-order valence-electron chi connectivity index (χ0n) is 17.6. The maximum absolute atomic E-state index is 13.4. The van der Waals surface area contributed by atoms with Crippen LogP contribution in [0.3, 0.4) is 0 Å². The number of alkyl carbamates (subject to hydrolysis) is 1. The summed E-state index contributed by atoms with van der Waals surface area (Å²) in [6.07, 6.45) is -4.92. The van der Waals surface area contributed by atoms with E-state index < -0.39 is 42.4 Å². The number of halogens is 2. The van der Waals surface area contributed by atoms with Gasteiger partial charge in [-0.2, -0.15) is 0 Å². The van der Waals surface area contributed by atoms with Gasteiger partial charge in [0.25, 0.3) is 6.43 Å². The van der Waals surface area contributed by atoms with E-state index >= 15 is 0 Å². The van der Waals surface area contributed by atoms with Gasteiger partial charge in [0.05, 0.1) is 6.42 Å². The van der Waals surface area contributed by atoms with Gasteiger partial charge >= 0.3 is 12.1 Å². The fraction of sp³-hybridized carbons (Fsp3) is 0.348. The Bertz CT molecular complexity index is 979. The van der Waals surface area contributed by atoms with Gasteiger partial charge in [-0.05, 0) is 36.1 Å². The maximum Gasteiger partial charge on any atom is 0.407 e. The Labute approximate surface area is 183 Å². The number of carbonyl (C=O) groups excluding carboxylic acids is 2. The summed E-state index contributed by atoms with van der Waals surface area (Å²) in [5.74, 6) is -2.48. The molecule has 3 rings (SSSR count). The number of rotatable bonds is 8. The zero-order valence-corrected chi connectivity index (χ0v) is 17.6. The van der Waals surface area contributed by atoms with Crippen LogP contribution in [0.1, 0.15) is 37.3 Å². The average Bonchev–Trinajstić information content (AvgIpc) is 3.05. The van der Waals surface area contributed by atoms with Gasteiger partial charge in [-0.1, -0.05) is 48.5 Å². The molecule has 0 radical (unpaired) electrons. The molecule has 0 saturated carbocycles. The molecule has 0 bridgehead atoms. The van der Waals surface area contributed by atoms with Crippen molar-refractivity contribution in [3.63, 3.8) is 0 Å². The number of carbonyl (C=O) groups is 3. The van der Waals surface area contributed by atoms with Crippen molar-refractivity contribution in [1.82, 2.24) is 10.6 Å². The summed E-state index contributed by atoms with van der Waals surface area (Å²) in [6.45, 7) is 2.39. The molecule has 0 heterocycles. The third-order valence-corrected chi connectivity index (χ3v) is 5.34. The number of hydrogen-bond acceptors (Lipinski definition) is 4. The first-order valence-corrected chi connectivity index (χ1v) is 10.0. The van der Waals surface area contributed by atoms with E-state index in [1.54, 1.807) is 0 Å². The van der Waals surface area contributed by atoms with Gasteiger partial charge in [-0.3, -0.25) is 4.79 Å². The van der Waals surface area contributed by atoms with E-state index in [1.165, 1.54) is 13.8 Å². The van der Waals surface area contributed by atoms with Crippen molar-refractivity contribution in [1.29, 1.82) is 0 Å². The van der Waals surface area contributed by atoms with Crippen molar-refractivity contribution < 1.29 is 33.0 Å². The number of carboxylic acid groups (broad SMARTS) is 1. The summed E-state index contributed by atoms with van der Waals surface area (Å²) in [4.78, 5) is 35.3. The van der Waals surface area contributed by atoms with Gasteiger partial charge in [0.15, 0.2) is 0 Å². The van der Waals surface area contributed by atoms with Crippen molar-refractivity contribution in [3.05, 3.63) is 59.7 Å². The topological polar surface area (TPSA) is 105 Å². The lowest BCUT2D eigenvalue weighted by Crippen LogP contribution is -2.52. The highest BCUT2D eigenvalue weighted by atomic mass is 19.3. The predicted octanol–water partition coefficient (Wildman–Crippen LogP) is 3.53. The first-order chi connectivity index (χ1) is 15.1. The van der Waals surface area contributed by atoms with E-state index in [0.29, 0.717) is 0 Å². The number of carboxylic acids is 1. The molecule has 32 heavy (non-hydrogen) atoms. The molecule has 0 fully saturated rings. The summed E-state index contributed by atoms with van der Waals surface area (Å²) in [7, 11) is 0. The molecule has 2 aromatic rings. The van der Waals surface area contributed by atoms with E-state index in [4.69, 9.17) is 9.84 Å². The molecule has 0 aliphatic heterocycles. The second-order valence-corrected chi connectivity index (χ2v) is 8.09. The number of benzene rings is 2. The van der Waals surface area contributed by atoms with Crippen LogP contribution in [-0.4, -0.2) is 47.7 Å². The number of hydrogen-bond donors (Lipinski definition) is 3. The minimum Gasteiger partial charge on any atom is -0.480 e. The summed E-state index contributed by atoms with van der Waals surface area (Å²) < 4.78 is 32.0. The fourth-order valence-electron chi connectivity index (χ4n) is 3.65. The molecule has 2 aromatic carbocycles. The fourth-order valence-corrected chi connectivity index (χ4v) is 3.65. The monoisotopic (exact) mass is 446 g/mol. The van der Waals surface area contributed by atoms with Crippen molar-refractivity contribution in [3.8, 4) is 11.1 Å². The molecule has 7 nitrogen and oxygen atoms in total. The second kappa shape index (κ2) is 9.33. The molecular weight excluding hydrogens is 422 g/mol. The molecule has 0 spiro atoms. The van der Waals surface area contributed by atoms with Crippen LogP contribution in [0, 0.1) is 0 Å². The van der Waals surface area contributed by atoms with Crippen molar-refractivity contribution in [2.24, 2.45) is 0 Å². The third-order valence-electron chi connectivity index (χ3n) is 5.34. The van der Waals surface area contributed by atoms with E-state index in [2.05, 4.69) is 5.32 Å². The lowest BCUT2D eigenvalue weighted by Gasteiger charge is -2.23. The van der Waals surface area contributed by atoms with Crippen LogP contribution in [-0.2, 0) is 14.3 Å². The Kier molecular flexibility index (Phi) is 6.76. The van der Waals surface area contributed by atoms with E-state index in [9.17, 15) is 23.2 Å². The summed E-state index contributed by atoms with van der Waals surface area (Å²) in [5, 5.41) is 13.2. The summed E-state index contributed by atoms with van der Waals surface area (Å²) in [6, 6.07) is 13.6. The van der Waals surface area contributed by atoms with Crippen LogP contribution in [0.25, 0.3) is 11.1 Å². The van der Waals surface area contributed by atoms with Crippen LogP contribution < -0.4 is 10.6 Å². The van der Waals surface area contributed by atoms with Crippen LogP contribution in [0.15, 0.2) is 48.5 Å². The molecule has 0 saturated heterocycles. The first-order valence-electron chi connectivity index (χ1n) is 10.0. The number of ether oxygens (including phenoxy) is 1. The third kappa shape index (κ3) is 5.04. The predicted molar refractivity (Wildman–Crippen MR) is 112 cm³/mol. The largest absolute Gasteiger partial charge is 0.480 e. The van der Waals surface area contributed by atoms with Gasteiger partial charge < -0.3 is 20.5 Å². The second-order valence-electron chi connectivity index (χ2n) is 8.09. The Hall–Kier alpha value is -3.49. The number of fused-ring (bicyclic) bond motifs is 3. The number of alkyl halides is 2. The van der Waals surface area contributed by atoms with Crippen LogP contribution in [0.2, 0.25) is 0 Å². The molecule has 170 valence electrons. The summed E-state index contributed by atoms with van der Waals surface area (Å²) >= 11 is 0. The Balaban J connectivity index is 1.62. The molecule has 1 aliphatic rings. The van der Waals surface area contributed by atoms with Crippen LogP contribution in [0.4, 0.5) is 13.6 Å². The van der Waals surface area contributed by atoms with Gasteiger partial charge in [0, 0.05) is 5.92 Å². The molecule has 1 unspecified atom stereocenters. The highest BCUT2D eigenvalue weighted by Crippen LogP contribution is 2.44. The van der Waals surface area contributed by atoms with Gasteiger partial charge in [0.2, 0.25) is 5.91 Å². The van der Waals surface area contributed by atoms with Crippen molar-refractivity contribution in [2.45, 2.75) is 44.2 Å². The standard InChI is InChI=1S/C23H24F2N2O5/c1-23(2,21(29)30)27-19(28)11-18(20(24)25)26-22(31)32-12-17-15-9-5-3-7-13(15)14-8-4-6-10-16(14)17/h3-10,17-18,20H,11-12H2,1-2H3,(H,26,31)(H,27,28)(H,29,30).